The van der Waals surface area contributed by atoms with E-state index in [1.807, 2.05) is 24.3 Å². The summed E-state index contributed by atoms with van der Waals surface area (Å²) in [6, 6.07) is 16.2. The number of amides is 2. The maximum Gasteiger partial charge on any atom is 0.265 e. The van der Waals surface area contributed by atoms with Gasteiger partial charge in [-0.15, -0.1) is 0 Å². The number of hydrogen-bond donors (Lipinski definition) is 1. The van der Waals surface area contributed by atoms with Crippen molar-refractivity contribution in [2.45, 2.75) is 13.0 Å². The second-order valence-electron chi connectivity index (χ2n) is 7.12. The van der Waals surface area contributed by atoms with Crippen molar-refractivity contribution in [3.8, 4) is 17.2 Å². The summed E-state index contributed by atoms with van der Waals surface area (Å²) < 4.78 is 16.7. The van der Waals surface area contributed by atoms with Gasteiger partial charge in [-0.05, 0) is 30.3 Å². The van der Waals surface area contributed by atoms with Gasteiger partial charge in [0.25, 0.3) is 5.91 Å². The summed E-state index contributed by atoms with van der Waals surface area (Å²) in [6.45, 7) is 0.542. The van der Waals surface area contributed by atoms with Gasteiger partial charge in [-0.2, -0.15) is 0 Å². The fourth-order valence-electron chi connectivity index (χ4n) is 3.35. The van der Waals surface area contributed by atoms with Gasteiger partial charge in [0.15, 0.2) is 18.1 Å². The maximum atomic E-state index is 12.6. The number of carbonyl (C=O) groups is 2. The van der Waals surface area contributed by atoms with Crippen molar-refractivity contribution in [2.75, 3.05) is 30.5 Å². The maximum absolute atomic E-state index is 12.6. The summed E-state index contributed by atoms with van der Waals surface area (Å²) in [7, 11) is 1.56. The molecule has 8 heteroatoms. The number of carbonyl (C=O) groups excluding carboxylic acids is 2. The highest BCUT2D eigenvalue weighted by atomic mass is 16.5. The van der Waals surface area contributed by atoms with Crippen LogP contribution in [0.15, 0.2) is 67.0 Å². The number of rotatable bonds is 8. The van der Waals surface area contributed by atoms with Crippen molar-refractivity contribution in [3.63, 3.8) is 0 Å². The number of fused-ring (bicyclic) bond motifs is 1. The lowest BCUT2D eigenvalue weighted by Gasteiger charge is -2.29. The van der Waals surface area contributed by atoms with Crippen molar-refractivity contribution in [3.05, 3.63) is 72.6 Å². The first-order valence-electron chi connectivity index (χ1n) is 10.2. The molecule has 0 fully saturated rings. The Bertz CT molecular complexity index is 1100. The third-order valence-electron chi connectivity index (χ3n) is 4.94. The van der Waals surface area contributed by atoms with E-state index in [1.165, 1.54) is 0 Å². The zero-order valence-electron chi connectivity index (χ0n) is 17.6. The number of nitrogens with one attached hydrogen (secondary N) is 1. The molecule has 0 radical (unpaired) electrons. The zero-order chi connectivity index (χ0) is 22.3. The van der Waals surface area contributed by atoms with Crippen LogP contribution in [-0.4, -0.2) is 37.1 Å². The third kappa shape index (κ3) is 4.97. The molecule has 0 saturated carbocycles. The van der Waals surface area contributed by atoms with Crippen molar-refractivity contribution < 1.29 is 23.8 Å². The number of ether oxygens (including phenoxy) is 3. The fourth-order valence-corrected chi connectivity index (χ4v) is 3.35. The number of benzene rings is 2. The quantitative estimate of drug-likeness (QED) is 0.586. The van der Waals surface area contributed by atoms with Crippen molar-refractivity contribution in [1.82, 2.24) is 4.98 Å². The highest BCUT2D eigenvalue weighted by molar-refractivity contribution is 5.99. The van der Waals surface area contributed by atoms with Crippen LogP contribution in [-0.2, 0) is 16.2 Å². The van der Waals surface area contributed by atoms with Gasteiger partial charge >= 0.3 is 0 Å². The van der Waals surface area contributed by atoms with E-state index in [9.17, 15) is 9.59 Å². The molecule has 4 rings (SSSR count). The fraction of sp³-hybridized carbons (Fsp3) is 0.208. The van der Waals surface area contributed by atoms with Crippen LogP contribution in [0.1, 0.15) is 12.0 Å². The van der Waals surface area contributed by atoms with E-state index in [-0.39, 0.29) is 31.4 Å². The van der Waals surface area contributed by atoms with E-state index in [0.29, 0.717) is 35.2 Å². The number of pyridine rings is 1. The van der Waals surface area contributed by atoms with Crippen molar-refractivity contribution >= 4 is 23.2 Å². The molecule has 1 N–H and O–H groups in total. The van der Waals surface area contributed by atoms with E-state index >= 15 is 0 Å². The molecule has 1 aromatic heterocycles. The van der Waals surface area contributed by atoms with Gasteiger partial charge in [-0.3, -0.25) is 14.6 Å². The van der Waals surface area contributed by atoms with E-state index < -0.39 is 0 Å². The Morgan fingerprint density at radius 2 is 2.03 bits per heavy atom. The summed E-state index contributed by atoms with van der Waals surface area (Å²) in [5.41, 5.74) is 2.16. The van der Waals surface area contributed by atoms with E-state index in [2.05, 4.69) is 10.3 Å². The Hall–Kier alpha value is -4.07. The molecule has 0 spiro atoms. The number of anilines is 2. The molecule has 2 aromatic carbocycles. The molecule has 1 aliphatic heterocycles. The molecule has 0 aliphatic carbocycles. The van der Waals surface area contributed by atoms with Crippen molar-refractivity contribution in [1.29, 1.82) is 0 Å². The Labute approximate surface area is 185 Å². The number of para-hydroxylation sites is 2. The van der Waals surface area contributed by atoms with Crippen LogP contribution in [0.2, 0.25) is 0 Å². The molecule has 164 valence electrons. The smallest absolute Gasteiger partial charge is 0.265 e. The first-order valence-corrected chi connectivity index (χ1v) is 10.2. The largest absolute Gasteiger partial charge is 0.493 e. The van der Waals surface area contributed by atoms with Crippen LogP contribution in [0.5, 0.6) is 17.2 Å². The molecule has 0 unspecified atom stereocenters. The minimum Gasteiger partial charge on any atom is -0.493 e. The average molecular weight is 433 g/mol. The first kappa shape index (κ1) is 21.2. The van der Waals surface area contributed by atoms with Crippen LogP contribution < -0.4 is 24.4 Å². The Morgan fingerprint density at radius 1 is 1.16 bits per heavy atom. The SMILES string of the molecule is COc1ccc(NC(=O)CCN2C(=O)COc3ccccc32)cc1OCc1cccnc1. The molecule has 0 atom stereocenters. The number of hydrogen-bond acceptors (Lipinski definition) is 6. The lowest BCUT2D eigenvalue weighted by atomic mass is 10.2. The Balaban J connectivity index is 1.38. The predicted molar refractivity (Wildman–Crippen MR) is 119 cm³/mol. The summed E-state index contributed by atoms with van der Waals surface area (Å²) in [6.07, 6.45) is 3.56. The summed E-state index contributed by atoms with van der Waals surface area (Å²) in [5.74, 6) is 1.31. The number of methoxy groups -OCH3 is 1. The van der Waals surface area contributed by atoms with Gasteiger partial charge < -0.3 is 24.4 Å². The van der Waals surface area contributed by atoms with Crippen molar-refractivity contribution in [2.24, 2.45) is 0 Å². The Morgan fingerprint density at radius 3 is 2.84 bits per heavy atom. The van der Waals surface area contributed by atoms with E-state index in [1.54, 1.807) is 54.7 Å². The molecule has 1 aliphatic rings. The van der Waals surface area contributed by atoms with Gasteiger partial charge in [0.05, 0.1) is 12.8 Å². The van der Waals surface area contributed by atoms with Gasteiger partial charge in [0.2, 0.25) is 5.91 Å². The highest BCUT2D eigenvalue weighted by Crippen LogP contribution is 2.32. The second kappa shape index (κ2) is 9.82. The molecule has 32 heavy (non-hydrogen) atoms. The van der Waals surface area contributed by atoms with Crippen LogP contribution >= 0.6 is 0 Å². The van der Waals surface area contributed by atoms with Crippen LogP contribution in [0.4, 0.5) is 11.4 Å². The van der Waals surface area contributed by atoms with Crippen LogP contribution in [0.3, 0.4) is 0 Å². The summed E-state index contributed by atoms with van der Waals surface area (Å²) >= 11 is 0. The minimum absolute atomic E-state index is 0.0330. The molecule has 2 amide bonds. The van der Waals surface area contributed by atoms with E-state index in [4.69, 9.17) is 14.2 Å². The zero-order valence-corrected chi connectivity index (χ0v) is 17.6. The monoisotopic (exact) mass is 433 g/mol. The van der Waals surface area contributed by atoms with Crippen LogP contribution in [0, 0.1) is 0 Å². The third-order valence-corrected chi connectivity index (χ3v) is 4.94. The number of nitrogens with zero attached hydrogens (tertiary/aromatic N) is 2. The molecule has 0 bridgehead atoms. The normalized spacial score (nSPS) is 12.5. The minimum atomic E-state index is -0.217. The Kier molecular flexibility index (Phi) is 6.50. The topological polar surface area (TPSA) is 90.0 Å². The average Bonchev–Trinajstić information content (AvgIpc) is 2.83. The highest BCUT2D eigenvalue weighted by Gasteiger charge is 2.25. The molecular weight excluding hydrogens is 410 g/mol. The predicted octanol–water partition coefficient (Wildman–Crippen LogP) is 3.42. The first-order chi connectivity index (χ1) is 15.6. The standard InChI is InChI=1S/C24H23N3O5/c1-30-21-9-8-18(13-22(21)31-15-17-5-4-11-25-14-17)26-23(28)10-12-27-19-6-2-3-7-20(19)32-16-24(27)29/h2-9,11,13-14H,10,12,15-16H2,1H3,(H,26,28). The van der Waals surface area contributed by atoms with Crippen LogP contribution in [0.25, 0.3) is 0 Å². The molecule has 3 aromatic rings. The molecule has 2 heterocycles. The molecule has 0 saturated heterocycles. The number of aromatic nitrogens is 1. The lowest BCUT2D eigenvalue weighted by Crippen LogP contribution is -2.40. The van der Waals surface area contributed by atoms with Gasteiger partial charge in [0, 0.05) is 42.7 Å². The lowest BCUT2D eigenvalue weighted by molar-refractivity contribution is -0.121. The van der Waals surface area contributed by atoms with Gasteiger partial charge in [-0.25, -0.2) is 0 Å². The summed E-state index contributed by atoms with van der Waals surface area (Å²) in [4.78, 5) is 30.5. The summed E-state index contributed by atoms with van der Waals surface area (Å²) in [5, 5.41) is 2.85. The van der Waals surface area contributed by atoms with Gasteiger partial charge in [-0.1, -0.05) is 18.2 Å². The molecule has 8 nitrogen and oxygen atoms in total. The second-order valence-corrected chi connectivity index (χ2v) is 7.12. The molecular formula is C24H23N3O5. The van der Waals surface area contributed by atoms with E-state index in [0.717, 1.165) is 5.56 Å². The van der Waals surface area contributed by atoms with Gasteiger partial charge in [0.1, 0.15) is 12.4 Å².